The first-order chi connectivity index (χ1) is 18.0. The summed E-state index contributed by atoms with van der Waals surface area (Å²) in [5.74, 6) is -0.212. The number of unbranched alkanes of at least 4 members (excludes halogenated alkanes) is 1. The van der Waals surface area contributed by atoms with Gasteiger partial charge in [0.1, 0.15) is 10.9 Å². The molecule has 1 heterocycles. The van der Waals surface area contributed by atoms with Crippen molar-refractivity contribution in [1.29, 1.82) is 0 Å². The second-order valence-electron chi connectivity index (χ2n) is 9.58. The molecular weight excluding hydrogens is 565 g/mol. The zero-order valence-corrected chi connectivity index (χ0v) is 24.8. The van der Waals surface area contributed by atoms with Crippen LogP contribution in [0.3, 0.4) is 0 Å². The lowest BCUT2D eigenvalue weighted by atomic mass is 10.0. The van der Waals surface area contributed by atoms with Gasteiger partial charge < -0.3 is 10.6 Å². The Morgan fingerprint density at radius 3 is 2.47 bits per heavy atom. The fourth-order valence-electron chi connectivity index (χ4n) is 4.00. The molecule has 3 rings (SSSR count). The Morgan fingerprint density at radius 1 is 1.05 bits per heavy atom. The molecule has 1 aromatic heterocycles. The molecule has 2 aromatic carbocycles. The van der Waals surface area contributed by atoms with E-state index in [4.69, 9.17) is 23.2 Å². The fraction of sp³-hybridized carbons (Fsp3) is 0.407. The molecule has 0 aliphatic rings. The highest BCUT2D eigenvalue weighted by Crippen LogP contribution is 2.27. The van der Waals surface area contributed by atoms with Crippen LogP contribution in [-0.4, -0.2) is 50.7 Å². The molecular formula is C27H33Cl2N3O4S2. The number of halogens is 2. The molecule has 11 heteroatoms. The highest BCUT2D eigenvalue weighted by Gasteiger charge is 2.24. The molecule has 0 spiro atoms. The number of nitrogens with one attached hydrogen (secondary N) is 2. The maximum absolute atomic E-state index is 12.9. The standard InChI is InChI=1S/C27H33Cl2N3O4S2/c1-18(2)14-23(31-26(33)17-21-15-19-8-4-5-9-24(19)37-21)27(34)30-12-6-7-13-32(3)38(35,36)25-11-10-20(28)16-22(25)29/h4-5,8-11,15-16,18,23H,6-7,12-14,17H2,1-3H3,(H,30,34)(H,31,33)/t23-/m0/s1. The van der Waals surface area contributed by atoms with E-state index in [0.29, 0.717) is 30.8 Å². The van der Waals surface area contributed by atoms with Gasteiger partial charge in [-0.05, 0) is 60.9 Å². The molecule has 0 unspecified atom stereocenters. The molecule has 0 bridgehead atoms. The Kier molecular flexibility index (Phi) is 11.0. The Labute approximate surface area is 238 Å². The van der Waals surface area contributed by atoms with Gasteiger partial charge in [0.15, 0.2) is 0 Å². The van der Waals surface area contributed by atoms with Gasteiger partial charge in [0, 0.05) is 34.7 Å². The first kappa shape index (κ1) is 30.4. The number of nitrogens with zero attached hydrogens (tertiary/aromatic N) is 1. The number of hydrogen-bond donors (Lipinski definition) is 2. The Morgan fingerprint density at radius 2 is 1.79 bits per heavy atom. The number of sulfonamides is 1. The Balaban J connectivity index is 1.47. The van der Waals surface area contributed by atoms with Crippen LogP contribution in [0, 0.1) is 5.92 Å². The highest BCUT2D eigenvalue weighted by atomic mass is 35.5. The second-order valence-corrected chi connectivity index (χ2v) is 13.6. The number of fused-ring (bicyclic) bond motifs is 1. The number of carbonyl (C=O) groups excluding carboxylic acids is 2. The third-order valence-electron chi connectivity index (χ3n) is 5.95. The summed E-state index contributed by atoms with van der Waals surface area (Å²) in [4.78, 5) is 26.5. The van der Waals surface area contributed by atoms with Crippen molar-refractivity contribution in [3.05, 3.63) is 63.5 Å². The van der Waals surface area contributed by atoms with Gasteiger partial charge >= 0.3 is 0 Å². The van der Waals surface area contributed by atoms with Crippen molar-refractivity contribution in [3.8, 4) is 0 Å². The lowest BCUT2D eigenvalue weighted by Crippen LogP contribution is -2.48. The van der Waals surface area contributed by atoms with Crippen molar-refractivity contribution in [2.45, 2.75) is 50.5 Å². The van der Waals surface area contributed by atoms with Crippen molar-refractivity contribution in [1.82, 2.24) is 14.9 Å². The van der Waals surface area contributed by atoms with Gasteiger partial charge in [0.2, 0.25) is 21.8 Å². The summed E-state index contributed by atoms with van der Waals surface area (Å²) in [6.07, 6.45) is 1.85. The van der Waals surface area contributed by atoms with E-state index in [0.717, 1.165) is 15.0 Å². The lowest BCUT2D eigenvalue weighted by Gasteiger charge is -2.21. The van der Waals surface area contributed by atoms with Crippen LogP contribution in [0.15, 0.2) is 53.4 Å². The van der Waals surface area contributed by atoms with Crippen molar-refractivity contribution >= 4 is 66.5 Å². The van der Waals surface area contributed by atoms with Gasteiger partial charge in [-0.25, -0.2) is 12.7 Å². The van der Waals surface area contributed by atoms with E-state index in [9.17, 15) is 18.0 Å². The van der Waals surface area contributed by atoms with Crippen molar-refractivity contribution in [2.24, 2.45) is 5.92 Å². The van der Waals surface area contributed by atoms with Crippen LogP contribution in [0.5, 0.6) is 0 Å². The van der Waals surface area contributed by atoms with Gasteiger partial charge in [-0.3, -0.25) is 9.59 Å². The first-order valence-corrected chi connectivity index (χ1v) is 15.4. The summed E-state index contributed by atoms with van der Waals surface area (Å²) >= 11 is 13.5. The van der Waals surface area contributed by atoms with E-state index in [-0.39, 0.29) is 40.6 Å². The molecule has 206 valence electrons. The fourth-order valence-corrected chi connectivity index (χ4v) is 7.01. The minimum absolute atomic E-state index is 0.00212. The highest BCUT2D eigenvalue weighted by molar-refractivity contribution is 7.89. The summed E-state index contributed by atoms with van der Waals surface area (Å²) in [7, 11) is -2.27. The summed E-state index contributed by atoms with van der Waals surface area (Å²) in [6, 6.07) is 13.6. The average Bonchev–Trinajstić information content (AvgIpc) is 3.24. The van der Waals surface area contributed by atoms with Crippen LogP contribution in [0.2, 0.25) is 10.0 Å². The average molecular weight is 599 g/mol. The van der Waals surface area contributed by atoms with Crippen LogP contribution < -0.4 is 10.6 Å². The molecule has 0 saturated heterocycles. The number of thiophene rings is 1. The van der Waals surface area contributed by atoms with Gasteiger partial charge in [-0.15, -0.1) is 11.3 Å². The molecule has 0 aliphatic heterocycles. The van der Waals surface area contributed by atoms with E-state index in [1.807, 2.05) is 44.2 Å². The SMILES string of the molecule is CC(C)C[C@H](NC(=O)Cc1cc2ccccc2s1)C(=O)NCCCCN(C)S(=O)(=O)c1ccc(Cl)cc1Cl. The molecule has 38 heavy (non-hydrogen) atoms. The smallest absolute Gasteiger partial charge is 0.244 e. The van der Waals surface area contributed by atoms with Crippen molar-refractivity contribution < 1.29 is 18.0 Å². The Hall–Kier alpha value is -2.17. The van der Waals surface area contributed by atoms with Gasteiger partial charge in [0.05, 0.1) is 11.4 Å². The third-order valence-corrected chi connectivity index (χ3v) is 9.64. The molecule has 0 radical (unpaired) electrons. The minimum Gasteiger partial charge on any atom is -0.354 e. The zero-order valence-electron chi connectivity index (χ0n) is 21.7. The Bertz CT molecular complexity index is 1340. The number of amides is 2. The minimum atomic E-state index is -3.76. The van der Waals surface area contributed by atoms with E-state index < -0.39 is 16.1 Å². The van der Waals surface area contributed by atoms with E-state index in [2.05, 4.69) is 10.6 Å². The normalized spacial score (nSPS) is 12.7. The molecule has 7 nitrogen and oxygen atoms in total. The van der Waals surface area contributed by atoms with Crippen LogP contribution >= 0.6 is 34.5 Å². The summed E-state index contributed by atoms with van der Waals surface area (Å²) in [5, 5.41) is 7.31. The van der Waals surface area contributed by atoms with E-state index >= 15 is 0 Å². The molecule has 0 fully saturated rings. The summed E-state index contributed by atoms with van der Waals surface area (Å²) in [5.41, 5.74) is 0. The largest absolute Gasteiger partial charge is 0.354 e. The number of carbonyl (C=O) groups is 2. The van der Waals surface area contributed by atoms with Crippen LogP contribution in [0.4, 0.5) is 0 Å². The van der Waals surface area contributed by atoms with E-state index in [1.54, 1.807) is 11.3 Å². The maximum atomic E-state index is 12.9. The molecule has 1 atom stereocenters. The van der Waals surface area contributed by atoms with E-state index in [1.165, 1.54) is 29.6 Å². The number of benzene rings is 2. The monoisotopic (exact) mass is 597 g/mol. The third kappa shape index (κ3) is 8.41. The van der Waals surface area contributed by atoms with Gasteiger partial charge in [0.25, 0.3) is 0 Å². The molecule has 3 aromatic rings. The van der Waals surface area contributed by atoms with Crippen LogP contribution in [0.1, 0.15) is 38.0 Å². The molecule has 0 aliphatic carbocycles. The van der Waals surface area contributed by atoms with Gasteiger partial charge in [-0.2, -0.15) is 0 Å². The van der Waals surface area contributed by atoms with Gasteiger partial charge in [-0.1, -0.05) is 55.2 Å². The quantitative estimate of drug-likeness (QED) is 0.254. The second kappa shape index (κ2) is 13.8. The maximum Gasteiger partial charge on any atom is 0.244 e. The lowest BCUT2D eigenvalue weighted by molar-refractivity contribution is -0.129. The molecule has 2 amide bonds. The number of hydrogen-bond acceptors (Lipinski definition) is 5. The van der Waals surface area contributed by atoms with Crippen LogP contribution in [0.25, 0.3) is 10.1 Å². The number of rotatable bonds is 13. The topological polar surface area (TPSA) is 95.6 Å². The van der Waals surface area contributed by atoms with Crippen LogP contribution in [-0.2, 0) is 26.0 Å². The zero-order chi connectivity index (χ0) is 27.9. The summed E-state index contributed by atoms with van der Waals surface area (Å²) < 4.78 is 28.0. The first-order valence-electron chi connectivity index (χ1n) is 12.4. The predicted molar refractivity (Wildman–Crippen MR) is 155 cm³/mol. The molecule has 0 saturated carbocycles. The summed E-state index contributed by atoms with van der Waals surface area (Å²) in [6.45, 7) is 4.64. The molecule has 2 N–H and O–H groups in total. The van der Waals surface area contributed by atoms with Crippen molar-refractivity contribution in [2.75, 3.05) is 20.1 Å². The van der Waals surface area contributed by atoms with Crippen molar-refractivity contribution in [3.63, 3.8) is 0 Å². The predicted octanol–water partition coefficient (Wildman–Crippen LogP) is 5.50.